The number of imidazole rings is 1. The molecule has 0 spiro atoms. The maximum Gasteiger partial charge on any atom is 0.270 e. The first kappa shape index (κ1) is 15.7. The van der Waals surface area contributed by atoms with E-state index < -0.39 is 0 Å². The lowest BCUT2D eigenvalue weighted by Gasteiger charge is -2.07. The fourth-order valence-electron chi connectivity index (χ4n) is 2.46. The summed E-state index contributed by atoms with van der Waals surface area (Å²) in [5, 5.41) is 2.77. The number of benzene rings is 1. The van der Waals surface area contributed by atoms with E-state index in [1.165, 1.54) is 6.07 Å². The number of nitrogens with zero attached hydrogens (tertiary/aromatic N) is 2. The van der Waals surface area contributed by atoms with Crippen molar-refractivity contribution < 1.29 is 9.18 Å². The van der Waals surface area contributed by atoms with Gasteiger partial charge in [0.25, 0.3) is 5.91 Å². The van der Waals surface area contributed by atoms with Crippen molar-refractivity contribution in [1.82, 2.24) is 14.7 Å². The molecule has 4 nitrogen and oxygen atoms in total. The molecule has 0 bridgehead atoms. The molecule has 0 aliphatic rings. The first-order valence-electron chi connectivity index (χ1n) is 7.28. The Labute approximate surface area is 141 Å². The Bertz CT molecular complexity index is 875. The van der Waals surface area contributed by atoms with Crippen molar-refractivity contribution in [3.8, 4) is 0 Å². The fourth-order valence-corrected chi connectivity index (χ4v) is 2.79. The molecule has 0 aliphatic carbocycles. The molecule has 3 aromatic rings. The summed E-state index contributed by atoms with van der Waals surface area (Å²) in [6.07, 6.45) is 2.45. The van der Waals surface area contributed by atoms with Gasteiger partial charge in [-0.05, 0) is 40.5 Å². The van der Waals surface area contributed by atoms with Crippen LogP contribution in [-0.4, -0.2) is 15.3 Å². The summed E-state index contributed by atoms with van der Waals surface area (Å²) in [4.78, 5) is 17.1. The first-order valence-corrected chi connectivity index (χ1v) is 8.07. The van der Waals surface area contributed by atoms with Crippen molar-refractivity contribution in [3.63, 3.8) is 0 Å². The van der Waals surface area contributed by atoms with Gasteiger partial charge in [0.15, 0.2) is 0 Å². The summed E-state index contributed by atoms with van der Waals surface area (Å²) in [5.74, 6) is -0.597. The highest BCUT2D eigenvalue weighted by molar-refractivity contribution is 9.10. The van der Waals surface area contributed by atoms with Gasteiger partial charge in [-0.3, -0.25) is 9.20 Å². The molecule has 1 aromatic carbocycles. The van der Waals surface area contributed by atoms with Crippen molar-refractivity contribution in [2.45, 2.75) is 19.9 Å². The van der Waals surface area contributed by atoms with Gasteiger partial charge in [-0.2, -0.15) is 0 Å². The van der Waals surface area contributed by atoms with Crippen LogP contribution in [0.25, 0.3) is 5.65 Å². The molecule has 0 atom stereocenters. The summed E-state index contributed by atoms with van der Waals surface area (Å²) < 4.78 is 16.3. The normalized spacial score (nSPS) is 10.9. The minimum absolute atomic E-state index is 0.135. The Balaban J connectivity index is 1.91. The number of amides is 1. The van der Waals surface area contributed by atoms with Crippen LogP contribution in [0, 0.1) is 5.82 Å². The van der Waals surface area contributed by atoms with Crippen LogP contribution in [0.3, 0.4) is 0 Å². The van der Waals surface area contributed by atoms with E-state index in [0.29, 0.717) is 29.0 Å². The number of pyridine rings is 1. The average Bonchev–Trinajstić information content (AvgIpc) is 2.91. The van der Waals surface area contributed by atoms with Crippen LogP contribution in [-0.2, 0) is 13.0 Å². The van der Waals surface area contributed by atoms with Gasteiger partial charge in [-0.25, -0.2) is 9.37 Å². The topological polar surface area (TPSA) is 46.4 Å². The maximum absolute atomic E-state index is 13.7. The Morgan fingerprint density at radius 1 is 1.30 bits per heavy atom. The van der Waals surface area contributed by atoms with Crippen molar-refractivity contribution in [3.05, 3.63) is 69.8 Å². The molecule has 23 heavy (non-hydrogen) atoms. The van der Waals surface area contributed by atoms with E-state index in [9.17, 15) is 9.18 Å². The molecule has 6 heteroatoms. The Morgan fingerprint density at radius 2 is 2.09 bits per heavy atom. The second-order valence-corrected chi connectivity index (χ2v) is 6.03. The van der Waals surface area contributed by atoms with Gasteiger partial charge >= 0.3 is 0 Å². The average molecular weight is 376 g/mol. The summed E-state index contributed by atoms with van der Waals surface area (Å²) in [5.41, 5.74) is 2.37. The standard InChI is InChI=1S/C17H15BrFN3O/c1-2-14-16(22-10-12(18)7-8-15(22)21-14)17(23)20-9-11-5-3-4-6-13(11)19/h3-8,10H,2,9H2,1H3,(H,20,23). The number of carbonyl (C=O) groups is 1. The van der Waals surface area contributed by atoms with Gasteiger partial charge in [0.1, 0.15) is 17.2 Å². The van der Waals surface area contributed by atoms with E-state index in [1.807, 2.05) is 19.1 Å². The number of carbonyl (C=O) groups excluding carboxylic acids is 1. The zero-order valence-corrected chi connectivity index (χ0v) is 14.1. The van der Waals surface area contributed by atoms with Gasteiger partial charge in [0, 0.05) is 22.8 Å². The van der Waals surface area contributed by atoms with E-state index in [0.717, 1.165) is 4.47 Å². The number of aryl methyl sites for hydroxylation is 1. The molecule has 0 saturated carbocycles. The number of fused-ring (bicyclic) bond motifs is 1. The first-order chi connectivity index (χ1) is 11.1. The number of hydrogen-bond acceptors (Lipinski definition) is 2. The molecule has 3 rings (SSSR count). The maximum atomic E-state index is 13.7. The predicted molar refractivity (Wildman–Crippen MR) is 89.8 cm³/mol. The van der Waals surface area contributed by atoms with Gasteiger partial charge in [-0.1, -0.05) is 25.1 Å². The van der Waals surface area contributed by atoms with Crippen LogP contribution >= 0.6 is 15.9 Å². The number of aromatic nitrogens is 2. The smallest absolute Gasteiger partial charge is 0.270 e. The molecular weight excluding hydrogens is 361 g/mol. The predicted octanol–water partition coefficient (Wildman–Crippen LogP) is 3.73. The van der Waals surface area contributed by atoms with E-state index in [4.69, 9.17) is 0 Å². The molecule has 2 aromatic heterocycles. The Kier molecular flexibility index (Phi) is 4.43. The highest BCUT2D eigenvalue weighted by Gasteiger charge is 2.18. The quantitative estimate of drug-likeness (QED) is 0.754. The summed E-state index contributed by atoms with van der Waals surface area (Å²) in [6, 6.07) is 10.1. The van der Waals surface area contributed by atoms with Crippen LogP contribution in [0.1, 0.15) is 28.7 Å². The van der Waals surface area contributed by atoms with E-state index in [1.54, 1.807) is 28.8 Å². The molecule has 118 valence electrons. The lowest BCUT2D eigenvalue weighted by molar-refractivity contribution is 0.0943. The van der Waals surface area contributed by atoms with E-state index in [-0.39, 0.29) is 18.3 Å². The van der Waals surface area contributed by atoms with Gasteiger partial charge in [-0.15, -0.1) is 0 Å². The minimum Gasteiger partial charge on any atom is -0.347 e. The zero-order chi connectivity index (χ0) is 16.4. The van der Waals surface area contributed by atoms with Crippen LogP contribution in [0.15, 0.2) is 47.1 Å². The second kappa shape index (κ2) is 6.50. The molecule has 0 fully saturated rings. The third-order valence-corrected chi connectivity index (χ3v) is 4.07. The Morgan fingerprint density at radius 3 is 2.83 bits per heavy atom. The number of halogens is 2. The molecule has 1 N–H and O–H groups in total. The second-order valence-electron chi connectivity index (χ2n) is 5.11. The lowest BCUT2D eigenvalue weighted by atomic mass is 10.2. The Hall–Kier alpha value is -2.21. The van der Waals surface area contributed by atoms with Gasteiger partial charge in [0.05, 0.1) is 5.69 Å². The third-order valence-electron chi connectivity index (χ3n) is 3.60. The van der Waals surface area contributed by atoms with Crippen LogP contribution in [0.5, 0.6) is 0 Å². The minimum atomic E-state index is -0.329. The molecule has 2 heterocycles. The van der Waals surface area contributed by atoms with Crippen molar-refractivity contribution in [2.24, 2.45) is 0 Å². The molecule has 0 radical (unpaired) electrons. The van der Waals surface area contributed by atoms with Crippen molar-refractivity contribution in [2.75, 3.05) is 0 Å². The molecule has 0 aliphatic heterocycles. The summed E-state index contributed by atoms with van der Waals surface area (Å²) in [7, 11) is 0. The molecular formula is C17H15BrFN3O. The lowest BCUT2D eigenvalue weighted by Crippen LogP contribution is -2.25. The highest BCUT2D eigenvalue weighted by atomic mass is 79.9. The SMILES string of the molecule is CCc1nc2ccc(Br)cn2c1C(=O)NCc1ccccc1F. The molecule has 0 unspecified atom stereocenters. The molecule has 0 saturated heterocycles. The summed E-state index contributed by atoms with van der Waals surface area (Å²) >= 11 is 3.40. The van der Waals surface area contributed by atoms with Gasteiger partial charge < -0.3 is 5.32 Å². The fraction of sp³-hybridized carbons (Fsp3) is 0.176. The monoisotopic (exact) mass is 375 g/mol. The van der Waals surface area contributed by atoms with Crippen LogP contribution < -0.4 is 5.32 Å². The van der Waals surface area contributed by atoms with Gasteiger partial charge in [0.2, 0.25) is 0 Å². The third kappa shape index (κ3) is 3.12. The molecule has 1 amide bonds. The number of rotatable bonds is 4. The largest absolute Gasteiger partial charge is 0.347 e. The van der Waals surface area contributed by atoms with Crippen LogP contribution in [0.2, 0.25) is 0 Å². The van der Waals surface area contributed by atoms with E-state index in [2.05, 4.69) is 26.2 Å². The van der Waals surface area contributed by atoms with E-state index >= 15 is 0 Å². The van der Waals surface area contributed by atoms with Crippen molar-refractivity contribution >= 4 is 27.5 Å². The number of hydrogen-bond donors (Lipinski definition) is 1. The van der Waals surface area contributed by atoms with Crippen LogP contribution in [0.4, 0.5) is 4.39 Å². The highest BCUT2D eigenvalue weighted by Crippen LogP contribution is 2.18. The zero-order valence-electron chi connectivity index (χ0n) is 12.5. The number of nitrogens with one attached hydrogen (secondary N) is 1. The van der Waals surface area contributed by atoms with Crippen molar-refractivity contribution in [1.29, 1.82) is 0 Å². The summed E-state index contributed by atoms with van der Waals surface area (Å²) in [6.45, 7) is 2.08.